The molecule has 0 saturated carbocycles. The van der Waals surface area contributed by atoms with Crippen LogP contribution in [0, 0.1) is 6.92 Å². The molecule has 1 heterocycles. The van der Waals surface area contributed by atoms with Crippen molar-refractivity contribution in [2.45, 2.75) is 18.0 Å². The number of benzene rings is 2. The fourth-order valence-corrected chi connectivity index (χ4v) is 4.26. The highest BCUT2D eigenvalue weighted by molar-refractivity contribution is 7.82. The summed E-state index contributed by atoms with van der Waals surface area (Å²) in [5.74, 6) is -0.308. The molecule has 3 rings (SSSR count). The van der Waals surface area contributed by atoms with Gasteiger partial charge < -0.3 is 0 Å². The van der Waals surface area contributed by atoms with E-state index in [0.717, 1.165) is 11.1 Å². The van der Waals surface area contributed by atoms with Crippen LogP contribution in [0.4, 0.5) is 4.39 Å². The zero-order chi connectivity index (χ0) is 20.6. The quantitative estimate of drug-likeness (QED) is 0.580. The highest BCUT2D eigenvalue weighted by Crippen LogP contribution is 2.16. The van der Waals surface area contributed by atoms with Gasteiger partial charge >= 0.3 is 0 Å². The molecular weight excluding hydrogens is 391 g/mol. The smallest absolute Gasteiger partial charge is 0.254 e. The minimum Gasteiger partial charge on any atom is -0.290 e. The van der Waals surface area contributed by atoms with Crippen LogP contribution in [0.1, 0.15) is 11.1 Å². The summed E-state index contributed by atoms with van der Waals surface area (Å²) in [4.78, 5) is 14.5. The fourth-order valence-electron chi connectivity index (χ4n) is 3.05. The Morgan fingerprint density at radius 2 is 1.90 bits per heavy atom. The summed E-state index contributed by atoms with van der Waals surface area (Å²) in [5.41, 5.74) is 4.43. The van der Waals surface area contributed by atoms with Gasteiger partial charge in [-0.05, 0) is 24.6 Å². The van der Waals surface area contributed by atoms with Gasteiger partial charge in [-0.15, -0.1) is 0 Å². The number of carbonyl (C=O) groups excluding carboxylic acids is 1. The van der Waals surface area contributed by atoms with Crippen molar-refractivity contribution in [1.82, 2.24) is 14.6 Å². The van der Waals surface area contributed by atoms with Gasteiger partial charge in [-0.1, -0.05) is 48.0 Å². The summed E-state index contributed by atoms with van der Waals surface area (Å²) in [6, 6.07) is 16.8. The van der Waals surface area contributed by atoms with Gasteiger partial charge in [-0.2, -0.15) is 5.10 Å². The summed E-state index contributed by atoms with van der Waals surface area (Å²) < 4.78 is 28.8. The van der Waals surface area contributed by atoms with Crippen molar-refractivity contribution in [3.05, 3.63) is 65.7 Å². The van der Waals surface area contributed by atoms with Crippen LogP contribution in [0.3, 0.4) is 0 Å². The standard InChI is InChI=1S/C21H25FN4O2S/c1-17-7-9-20(10-8-17)29(28)26-12-11-25(14-19(22)15-26)16-21(27)24-23-13-18-5-3-2-4-6-18/h2-10,13,19H,11-12,14-16H2,1H3,(H,24,27)/b23-13+. The fraction of sp³-hybridized carbons (Fsp3) is 0.333. The predicted molar refractivity (Wildman–Crippen MR) is 113 cm³/mol. The first-order chi connectivity index (χ1) is 14.0. The molecule has 6 nitrogen and oxygen atoms in total. The van der Waals surface area contributed by atoms with Crippen LogP contribution < -0.4 is 5.43 Å². The van der Waals surface area contributed by atoms with E-state index in [1.807, 2.05) is 49.4 Å². The molecule has 2 aromatic rings. The zero-order valence-electron chi connectivity index (χ0n) is 16.3. The largest absolute Gasteiger partial charge is 0.290 e. The molecule has 1 aliphatic rings. The molecule has 0 aliphatic carbocycles. The second kappa shape index (κ2) is 10.4. The number of nitrogens with zero attached hydrogens (tertiary/aromatic N) is 3. The summed E-state index contributed by atoms with van der Waals surface area (Å²) in [7, 11) is -1.42. The number of rotatable bonds is 6. The number of halogens is 1. The van der Waals surface area contributed by atoms with Crippen molar-refractivity contribution in [3.63, 3.8) is 0 Å². The Morgan fingerprint density at radius 3 is 2.62 bits per heavy atom. The van der Waals surface area contributed by atoms with Gasteiger partial charge in [0.1, 0.15) is 17.2 Å². The lowest BCUT2D eigenvalue weighted by Gasteiger charge is -2.20. The highest BCUT2D eigenvalue weighted by atomic mass is 32.2. The lowest BCUT2D eigenvalue weighted by atomic mass is 10.2. The third-order valence-electron chi connectivity index (χ3n) is 4.55. The van der Waals surface area contributed by atoms with Crippen LogP contribution in [0.25, 0.3) is 0 Å². The monoisotopic (exact) mass is 416 g/mol. The van der Waals surface area contributed by atoms with Crippen molar-refractivity contribution in [2.24, 2.45) is 5.10 Å². The number of amides is 1. The first kappa shape index (κ1) is 21.3. The minimum atomic E-state index is -1.42. The van der Waals surface area contributed by atoms with Crippen molar-refractivity contribution in [3.8, 4) is 0 Å². The normalized spacial score (nSPS) is 19.7. The Kier molecular flexibility index (Phi) is 7.62. The van der Waals surface area contributed by atoms with Gasteiger partial charge in [-0.3, -0.25) is 9.69 Å². The van der Waals surface area contributed by atoms with Gasteiger partial charge in [0, 0.05) is 26.2 Å². The number of carbonyl (C=O) groups is 1. The summed E-state index contributed by atoms with van der Waals surface area (Å²) >= 11 is 0. The number of hydrogen-bond donors (Lipinski definition) is 1. The molecule has 1 aliphatic heterocycles. The average Bonchev–Trinajstić information content (AvgIpc) is 2.90. The van der Waals surface area contributed by atoms with Crippen LogP contribution in [-0.2, 0) is 15.8 Å². The van der Waals surface area contributed by atoms with Gasteiger partial charge in [0.25, 0.3) is 5.91 Å². The van der Waals surface area contributed by atoms with E-state index in [2.05, 4.69) is 10.5 Å². The topological polar surface area (TPSA) is 65.0 Å². The Balaban J connectivity index is 1.52. The maximum Gasteiger partial charge on any atom is 0.254 e. The molecule has 2 unspecified atom stereocenters. The maximum atomic E-state index is 14.4. The first-order valence-electron chi connectivity index (χ1n) is 9.48. The minimum absolute atomic E-state index is 0.0392. The molecule has 1 fully saturated rings. The van der Waals surface area contributed by atoms with E-state index in [4.69, 9.17) is 0 Å². The molecule has 154 valence electrons. The predicted octanol–water partition coefficient (Wildman–Crippen LogP) is 2.12. The van der Waals surface area contributed by atoms with Gasteiger partial charge in [0.05, 0.1) is 17.7 Å². The van der Waals surface area contributed by atoms with Crippen LogP contribution in [0.5, 0.6) is 0 Å². The molecule has 1 saturated heterocycles. The first-order valence-corrected chi connectivity index (χ1v) is 10.6. The van der Waals surface area contributed by atoms with Crippen LogP contribution in [0.15, 0.2) is 64.6 Å². The van der Waals surface area contributed by atoms with E-state index in [1.54, 1.807) is 27.6 Å². The van der Waals surface area contributed by atoms with Crippen molar-refractivity contribution >= 4 is 23.1 Å². The number of aryl methyl sites for hydroxylation is 1. The molecule has 1 N–H and O–H groups in total. The molecule has 29 heavy (non-hydrogen) atoms. The molecule has 8 heteroatoms. The number of hydrogen-bond acceptors (Lipinski definition) is 4. The Bertz CT molecular complexity index is 861. The molecule has 2 aromatic carbocycles. The van der Waals surface area contributed by atoms with E-state index >= 15 is 0 Å². The van der Waals surface area contributed by atoms with E-state index < -0.39 is 17.2 Å². The highest BCUT2D eigenvalue weighted by Gasteiger charge is 2.27. The molecule has 0 aromatic heterocycles. The summed E-state index contributed by atoms with van der Waals surface area (Å²) in [6.45, 7) is 3.07. The van der Waals surface area contributed by atoms with Crippen molar-refractivity contribution in [2.75, 3.05) is 32.7 Å². The lowest BCUT2D eigenvalue weighted by Crippen LogP contribution is -2.39. The van der Waals surface area contributed by atoms with Crippen molar-refractivity contribution in [1.29, 1.82) is 0 Å². The average molecular weight is 417 g/mol. The summed E-state index contributed by atoms with van der Waals surface area (Å²) in [5, 5.41) is 3.94. The molecule has 0 spiro atoms. The van der Waals surface area contributed by atoms with Crippen LogP contribution >= 0.6 is 0 Å². The van der Waals surface area contributed by atoms with E-state index in [0.29, 0.717) is 18.0 Å². The lowest BCUT2D eigenvalue weighted by molar-refractivity contribution is -0.122. The van der Waals surface area contributed by atoms with Crippen LogP contribution in [-0.4, -0.2) is 64.4 Å². The maximum absolute atomic E-state index is 14.4. The van der Waals surface area contributed by atoms with Gasteiger partial charge in [0.2, 0.25) is 0 Å². The van der Waals surface area contributed by atoms with Crippen LogP contribution in [0.2, 0.25) is 0 Å². The Morgan fingerprint density at radius 1 is 1.17 bits per heavy atom. The number of alkyl halides is 1. The molecule has 2 atom stereocenters. The third kappa shape index (κ3) is 6.56. The Labute approximate surface area is 173 Å². The SMILES string of the molecule is Cc1ccc(S(=O)N2CCN(CC(=O)N/N=C/c3ccccc3)CC(F)C2)cc1. The summed E-state index contributed by atoms with van der Waals surface area (Å²) in [6.07, 6.45) is 0.373. The zero-order valence-corrected chi connectivity index (χ0v) is 17.1. The second-order valence-corrected chi connectivity index (χ2v) is 8.47. The number of hydrazone groups is 1. The Hall–Kier alpha value is -2.42. The second-order valence-electron chi connectivity index (χ2n) is 6.99. The van der Waals surface area contributed by atoms with Gasteiger partial charge in [0.15, 0.2) is 0 Å². The molecular formula is C21H25FN4O2S. The van der Waals surface area contributed by atoms with E-state index in [-0.39, 0.29) is 25.5 Å². The molecule has 1 amide bonds. The molecule has 0 radical (unpaired) electrons. The third-order valence-corrected chi connectivity index (χ3v) is 6.03. The van der Waals surface area contributed by atoms with Gasteiger partial charge in [-0.25, -0.2) is 18.3 Å². The van der Waals surface area contributed by atoms with E-state index in [1.165, 1.54) is 0 Å². The number of nitrogens with one attached hydrogen (secondary N) is 1. The van der Waals surface area contributed by atoms with Crippen molar-refractivity contribution < 1.29 is 13.4 Å². The van der Waals surface area contributed by atoms with E-state index in [9.17, 15) is 13.4 Å². The molecule has 0 bridgehead atoms.